The predicted octanol–water partition coefficient (Wildman–Crippen LogP) is 3.68. The van der Waals surface area contributed by atoms with E-state index < -0.39 is 0 Å². The van der Waals surface area contributed by atoms with Crippen LogP contribution in [0.5, 0.6) is 0 Å². The second-order valence-corrected chi connectivity index (χ2v) is 5.78. The van der Waals surface area contributed by atoms with Crippen molar-refractivity contribution in [3.05, 3.63) is 31.5 Å². The molecule has 0 aromatic rings. The minimum Gasteiger partial charge on any atom is -0.319 e. The molecule has 1 nitrogen and oxygen atoms in total. The molecule has 0 fully saturated rings. The number of rotatable bonds is 1. The maximum Gasteiger partial charge on any atom is 0.110 e. The van der Waals surface area contributed by atoms with E-state index in [-0.39, 0.29) is 0 Å². The van der Waals surface area contributed by atoms with Gasteiger partial charge in [0, 0.05) is 14.2 Å². The molecule has 15 heavy (non-hydrogen) atoms. The van der Waals surface area contributed by atoms with Gasteiger partial charge in [-0.15, -0.1) is 17.7 Å². The van der Waals surface area contributed by atoms with Crippen molar-refractivity contribution in [2.24, 2.45) is 0 Å². The zero-order valence-electron chi connectivity index (χ0n) is 8.18. The second-order valence-electron chi connectivity index (χ2n) is 3.08. The van der Waals surface area contributed by atoms with E-state index in [1.807, 2.05) is 24.8 Å². The fraction of sp³-hybridized carbons (Fsp3) is 0.273. The fourth-order valence-corrected chi connectivity index (χ4v) is 3.86. The van der Waals surface area contributed by atoms with E-state index in [2.05, 4.69) is 45.4 Å². The quantitative estimate of drug-likeness (QED) is 0.403. The minimum absolute atomic E-state index is 0.672. The highest BCUT2D eigenvalue weighted by Crippen LogP contribution is 2.44. The second kappa shape index (κ2) is 4.86. The lowest BCUT2D eigenvalue weighted by Gasteiger charge is -2.26. The molecule has 78 valence electrons. The summed E-state index contributed by atoms with van der Waals surface area (Å²) in [5.41, 5.74) is 1.25. The standard InChI is InChI=1S/C11H9ClINS/c1-2-3-6-14-10(12)5-4-9-11(14)8(13)7-15-9/h4-5H,6-7H2,1H3. The average Bonchev–Trinajstić information content (AvgIpc) is 2.60. The van der Waals surface area contributed by atoms with Gasteiger partial charge in [0.05, 0.1) is 12.2 Å². The first-order valence-corrected chi connectivity index (χ1v) is 6.94. The predicted molar refractivity (Wildman–Crippen MR) is 75.7 cm³/mol. The first-order valence-electron chi connectivity index (χ1n) is 4.50. The molecule has 0 bridgehead atoms. The van der Waals surface area contributed by atoms with E-state index in [0.717, 1.165) is 10.9 Å². The van der Waals surface area contributed by atoms with Crippen molar-refractivity contribution in [1.82, 2.24) is 4.90 Å². The summed E-state index contributed by atoms with van der Waals surface area (Å²) < 4.78 is 1.35. The summed E-state index contributed by atoms with van der Waals surface area (Å²) >= 11 is 10.4. The van der Waals surface area contributed by atoms with Gasteiger partial charge in [-0.2, -0.15) is 0 Å². The highest BCUT2D eigenvalue weighted by atomic mass is 127. The molecule has 2 aliphatic rings. The molecule has 4 heteroatoms. The monoisotopic (exact) mass is 349 g/mol. The van der Waals surface area contributed by atoms with Crippen molar-refractivity contribution in [2.75, 3.05) is 12.3 Å². The highest BCUT2D eigenvalue weighted by molar-refractivity contribution is 14.1. The maximum atomic E-state index is 6.18. The van der Waals surface area contributed by atoms with Crippen LogP contribution in [0.2, 0.25) is 0 Å². The van der Waals surface area contributed by atoms with Gasteiger partial charge in [0.25, 0.3) is 0 Å². The number of thioether (sulfide) groups is 1. The molecule has 0 radical (unpaired) electrons. The zero-order chi connectivity index (χ0) is 10.8. The molecule has 0 unspecified atom stereocenters. The third kappa shape index (κ3) is 2.22. The SMILES string of the molecule is CC#CCN1C(Cl)=CC=C2SCC(I)=C21. The smallest absolute Gasteiger partial charge is 0.110 e. The van der Waals surface area contributed by atoms with Crippen LogP contribution in [0.3, 0.4) is 0 Å². The Balaban J connectivity index is 2.35. The van der Waals surface area contributed by atoms with E-state index in [1.54, 1.807) is 0 Å². The van der Waals surface area contributed by atoms with Crippen LogP contribution >= 0.6 is 46.0 Å². The third-order valence-electron chi connectivity index (χ3n) is 2.16. The molecule has 0 aromatic heterocycles. The molecule has 0 aromatic carbocycles. The molecule has 0 saturated carbocycles. The van der Waals surface area contributed by atoms with E-state index in [1.165, 1.54) is 14.2 Å². The Labute approximate surface area is 113 Å². The van der Waals surface area contributed by atoms with Crippen LogP contribution in [0, 0.1) is 11.8 Å². The summed E-state index contributed by atoms with van der Waals surface area (Å²) in [6, 6.07) is 0. The van der Waals surface area contributed by atoms with Crippen LogP contribution in [-0.4, -0.2) is 17.2 Å². The number of allylic oxidation sites excluding steroid dienone is 2. The molecule has 0 N–H and O–H groups in total. The molecule has 0 spiro atoms. The van der Waals surface area contributed by atoms with Gasteiger partial charge in [-0.05, 0) is 41.7 Å². The van der Waals surface area contributed by atoms with E-state index >= 15 is 0 Å². The lowest BCUT2D eigenvalue weighted by molar-refractivity contribution is 0.520. The molecular weight excluding hydrogens is 341 g/mol. The number of nitrogens with zero attached hydrogens (tertiary/aromatic N) is 1. The number of hydrogen-bond acceptors (Lipinski definition) is 2. The Morgan fingerprint density at radius 1 is 1.60 bits per heavy atom. The molecule has 0 amide bonds. The van der Waals surface area contributed by atoms with Gasteiger partial charge in [0.2, 0.25) is 0 Å². The van der Waals surface area contributed by atoms with Gasteiger partial charge in [0.1, 0.15) is 5.16 Å². The Hall–Kier alpha value is -0.0500. The van der Waals surface area contributed by atoms with Gasteiger partial charge < -0.3 is 4.90 Å². The van der Waals surface area contributed by atoms with Crippen molar-refractivity contribution in [3.63, 3.8) is 0 Å². The summed E-state index contributed by atoms with van der Waals surface area (Å²) in [6.07, 6.45) is 4.03. The molecule has 2 heterocycles. The van der Waals surface area contributed by atoms with Crippen LogP contribution in [-0.2, 0) is 0 Å². The van der Waals surface area contributed by atoms with Crippen LogP contribution in [0.4, 0.5) is 0 Å². The molecular formula is C11H9ClINS. The highest BCUT2D eigenvalue weighted by Gasteiger charge is 2.27. The Morgan fingerprint density at radius 3 is 3.13 bits per heavy atom. The van der Waals surface area contributed by atoms with Crippen molar-refractivity contribution in [2.45, 2.75) is 6.92 Å². The Kier molecular flexibility index (Phi) is 3.70. The minimum atomic E-state index is 0.672. The first-order chi connectivity index (χ1) is 7.24. The van der Waals surface area contributed by atoms with Crippen molar-refractivity contribution in [3.8, 4) is 11.8 Å². The maximum absolute atomic E-state index is 6.18. The van der Waals surface area contributed by atoms with Gasteiger partial charge in [0.15, 0.2) is 0 Å². The molecule has 2 aliphatic heterocycles. The van der Waals surface area contributed by atoms with Crippen molar-refractivity contribution >= 4 is 46.0 Å². The fourth-order valence-electron chi connectivity index (χ4n) is 1.47. The van der Waals surface area contributed by atoms with Crippen LogP contribution < -0.4 is 0 Å². The van der Waals surface area contributed by atoms with Gasteiger partial charge in [-0.25, -0.2) is 0 Å². The summed E-state index contributed by atoms with van der Waals surface area (Å²) in [6.45, 7) is 2.52. The lowest BCUT2D eigenvalue weighted by atomic mass is 10.2. The lowest BCUT2D eigenvalue weighted by Crippen LogP contribution is -2.22. The Bertz CT molecular complexity index is 439. The summed E-state index contributed by atoms with van der Waals surface area (Å²) in [5, 5.41) is 0.758. The van der Waals surface area contributed by atoms with Crippen LogP contribution in [0.1, 0.15) is 6.92 Å². The normalized spacial score (nSPS) is 19.3. The summed E-state index contributed by atoms with van der Waals surface area (Å²) in [4.78, 5) is 3.39. The van der Waals surface area contributed by atoms with Gasteiger partial charge in [-0.1, -0.05) is 17.5 Å². The van der Waals surface area contributed by atoms with Gasteiger partial charge >= 0.3 is 0 Å². The van der Waals surface area contributed by atoms with Crippen LogP contribution in [0.25, 0.3) is 0 Å². The van der Waals surface area contributed by atoms with E-state index in [4.69, 9.17) is 11.6 Å². The van der Waals surface area contributed by atoms with E-state index in [9.17, 15) is 0 Å². The number of hydrogen-bond donors (Lipinski definition) is 0. The molecule has 2 rings (SSSR count). The Morgan fingerprint density at radius 2 is 2.40 bits per heavy atom. The van der Waals surface area contributed by atoms with Crippen molar-refractivity contribution in [1.29, 1.82) is 0 Å². The van der Waals surface area contributed by atoms with Gasteiger partial charge in [-0.3, -0.25) is 0 Å². The zero-order valence-corrected chi connectivity index (χ0v) is 11.9. The summed E-state index contributed by atoms with van der Waals surface area (Å²) in [7, 11) is 0. The van der Waals surface area contributed by atoms with Crippen LogP contribution in [0.15, 0.2) is 31.5 Å². The molecule has 0 saturated heterocycles. The first kappa shape index (κ1) is 11.4. The topological polar surface area (TPSA) is 3.24 Å². The number of fused-ring (bicyclic) bond motifs is 1. The molecule has 0 aliphatic carbocycles. The third-order valence-corrected chi connectivity index (χ3v) is 4.97. The molecule has 0 atom stereocenters. The summed E-state index contributed by atoms with van der Waals surface area (Å²) in [5.74, 6) is 7.01. The van der Waals surface area contributed by atoms with Crippen molar-refractivity contribution < 1.29 is 0 Å². The largest absolute Gasteiger partial charge is 0.319 e. The number of halogens is 2. The average molecular weight is 350 g/mol. The van der Waals surface area contributed by atoms with E-state index in [0.29, 0.717) is 6.54 Å².